The lowest BCUT2D eigenvalue weighted by atomic mass is 10.1. The van der Waals surface area contributed by atoms with E-state index in [0.29, 0.717) is 5.69 Å². The van der Waals surface area contributed by atoms with E-state index in [0.717, 1.165) is 12.8 Å². The van der Waals surface area contributed by atoms with Crippen molar-refractivity contribution in [1.29, 1.82) is 0 Å². The van der Waals surface area contributed by atoms with E-state index in [9.17, 15) is 4.79 Å². The topological polar surface area (TPSA) is 80.0 Å². The third-order valence-electron chi connectivity index (χ3n) is 2.70. The van der Waals surface area contributed by atoms with Crippen LogP contribution in [0.3, 0.4) is 0 Å². The van der Waals surface area contributed by atoms with Gasteiger partial charge in [-0.25, -0.2) is 4.68 Å². The maximum Gasteiger partial charge on any atom is 0.242 e. The van der Waals surface area contributed by atoms with Crippen LogP contribution >= 0.6 is 0 Å². The van der Waals surface area contributed by atoms with Crippen LogP contribution in [-0.2, 0) is 17.9 Å². The minimum absolute atomic E-state index is 0.0756. The first kappa shape index (κ1) is 14.6. The van der Waals surface area contributed by atoms with Crippen LogP contribution in [0.15, 0.2) is 6.20 Å². The molecule has 0 saturated carbocycles. The molecular formula is C12H22N4O2. The fourth-order valence-electron chi connectivity index (χ4n) is 1.73. The number of unbranched alkanes of at least 4 members (excludes halogenated alkanes) is 2. The maximum absolute atomic E-state index is 11.7. The molecule has 0 aromatic carbocycles. The van der Waals surface area contributed by atoms with Gasteiger partial charge >= 0.3 is 0 Å². The molecule has 18 heavy (non-hydrogen) atoms. The van der Waals surface area contributed by atoms with Gasteiger partial charge in [0.05, 0.1) is 12.8 Å². The lowest BCUT2D eigenvalue weighted by Crippen LogP contribution is -2.35. The van der Waals surface area contributed by atoms with Gasteiger partial charge in [0, 0.05) is 6.04 Å². The normalized spacial score (nSPS) is 12.4. The summed E-state index contributed by atoms with van der Waals surface area (Å²) in [4.78, 5) is 11.7. The Morgan fingerprint density at radius 1 is 1.56 bits per heavy atom. The number of aliphatic hydroxyl groups excluding tert-OH is 1. The summed E-state index contributed by atoms with van der Waals surface area (Å²) in [6, 6.07) is 0.185. The average Bonchev–Trinajstić information content (AvgIpc) is 2.76. The van der Waals surface area contributed by atoms with Gasteiger partial charge in [0.2, 0.25) is 5.91 Å². The summed E-state index contributed by atoms with van der Waals surface area (Å²) >= 11 is 0. The number of nitrogens with zero attached hydrogens (tertiary/aromatic N) is 3. The molecule has 0 spiro atoms. The summed E-state index contributed by atoms with van der Waals surface area (Å²) in [5, 5.41) is 19.2. The molecule has 1 atom stereocenters. The van der Waals surface area contributed by atoms with Crippen LogP contribution < -0.4 is 5.32 Å². The number of rotatable bonds is 8. The van der Waals surface area contributed by atoms with E-state index in [1.807, 2.05) is 6.92 Å². The molecule has 1 aromatic heterocycles. The molecule has 0 aliphatic heterocycles. The molecule has 0 aliphatic carbocycles. The lowest BCUT2D eigenvalue weighted by Gasteiger charge is -2.13. The van der Waals surface area contributed by atoms with Crippen LogP contribution in [0.4, 0.5) is 0 Å². The number of aromatic nitrogens is 3. The molecule has 0 saturated heterocycles. The van der Waals surface area contributed by atoms with Crippen LogP contribution in [-0.4, -0.2) is 32.0 Å². The molecule has 0 fully saturated rings. The first-order valence-corrected chi connectivity index (χ1v) is 6.45. The predicted molar refractivity (Wildman–Crippen MR) is 67.7 cm³/mol. The second kappa shape index (κ2) is 7.81. The SMILES string of the molecule is CCCCCC(C)NC(=O)Cn1cc(CO)nn1. The zero-order chi connectivity index (χ0) is 13.4. The van der Waals surface area contributed by atoms with Gasteiger partial charge in [-0.1, -0.05) is 31.4 Å². The predicted octanol–water partition coefficient (Wildman–Crippen LogP) is 0.855. The Labute approximate surface area is 107 Å². The third kappa shape index (κ3) is 5.27. The zero-order valence-corrected chi connectivity index (χ0v) is 11.1. The molecule has 1 aromatic rings. The molecule has 1 heterocycles. The van der Waals surface area contributed by atoms with Crippen LogP contribution in [0.2, 0.25) is 0 Å². The summed E-state index contributed by atoms with van der Waals surface area (Å²) in [6.07, 6.45) is 6.09. The second-order valence-electron chi connectivity index (χ2n) is 4.53. The Bertz CT molecular complexity index is 365. The van der Waals surface area contributed by atoms with Crippen LogP contribution in [0, 0.1) is 0 Å². The van der Waals surface area contributed by atoms with Crippen molar-refractivity contribution in [3.63, 3.8) is 0 Å². The number of carbonyl (C=O) groups is 1. The van der Waals surface area contributed by atoms with Crippen molar-refractivity contribution in [2.24, 2.45) is 0 Å². The van der Waals surface area contributed by atoms with Crippen molar-refractivity contribution in [3.8, 4) is 0 Å². The standard InChI is InChI=1S/C12H22N4O2/c1-3-4-5-6-10(2)13-12(18)8-16-7-11(9-17)14-15-16/h7,10,17H,3-6,8-9H2,1-2H3,(H,13,18). The number of carbonyl (C=O) groups excluding carboxylic acids is 1. The van der Waals surface area contributed by atoms with Crippen LogP contribution in [0.1, 0.15) is 45.2 Å². The maximum atomic E-state index is 11.7. The van der Waals surface area contributed by atoms with Crippen molar-refractivity contribution in [1.82, 2.24) is 20.3 Å². The van der Waals surface area contributed by atoms with Gasteiger partial charge in [0.15, 0.2) is 0 Å². The number of hydrogen-bond acceptors (Lipinski definition) is 4. The van der Waals surface area contributed by atoms with Crippen molar-refractivity contribution in [2.75, 3.05) is 0 Å². The van der Waals surface area contributed by atoms with Crippen molar-refractivity contribution in [3.05, 3.63) is 11.9 Å². The van der Waals surface area contributed by atoms with E-state index in [1.54, 1.807) is 6.20 Å². The number of hydrogen-bond donors (Lipinski definition) is 2. The Morgan fingerprint density at radius 3 is 2.94 bits per heavy atom. The monoisotopic (exact) mass is 254 g/mol. The van der Waals surface area contributed by atoms with Crippen molar-refractivity contribution < 1.29 is 9.90 Å². The Balaban J connectivity index is 2.28. The molecule has 102 valence electrons. The molecule has 1 rings (SSSR count). The Kier molecular flexibility index (Phi) is 6.35. The number of amides is 1. The highest BCUT2D eigenvalue weighted by atomic mass is 16.3. The lowest BCUT2D eigenvalue weighted by molar-refractivity contribution is -0.122. The third-order valence-corrected chi connectivity index (χ3v) is 2.70. The summed E-state index contributed by atoms with van der Waals surface area (Å²) in [6.45, 7) is 4.15. The first-order valence-electron chi connectivity index (χ1n) is 6.45. The molecular weight excluding hydrogens is 232 g/mol. The van der Waals surface area contributed by atoms with E-state index < -0.39 is 0 Å². The highest BCUT2D eigenvalue weighted by molar-refractivity contribution is 5.75. The molecule has 6 heteroatoms. The molecule has 1 unspecified atom stereocenters. The van der Waals surface area contributed by atoms with E-state index in [-0.39, 0.29) is 25.1 Å². The second-order valence-corrected chi connectivity index (χ2v) is 4.53. The summed E-state index contributed by atoms with van der Waals surface area (Å²) in [5.41, 5.74) is 0.471. The van der Waals surface area contributed by atoms with Crippen LogP contribution in [0.5, 0.6) is 0 Å². The van der Waals surface area contributed by atoms with Gasteiger partial charge in [-0.15, -0.1) is 5.10 Å². The van der Waals surface area contributed by atoms with Gasteiger partial charge in [0.25, 0.3) is 0 Å². The largest absolute Gasteiger partial charge is 0.390 e. The Morgan fingerprint density at radius 2 is 2.33 bits per heavy atom. The number of nitrogens with one attached hydrogen (secondary N) is 1. The fourth-order valence-corrected chi connectivity index (χ4v) is 1.73. The van der Waals surface area contributed by atoms with E-state index in [1.165, 1.54) is 17.5 Å². The van der Waals surface area contributed by atoms with Gasteiger partial charge in [0.1, 0.15) is 12.2 Å². The van der Waals surface area contributed by atoms with Gasteiger partial charge < -0.3 is 10.4 Å². The quantitative estimate of drug-likeness (QED) is 0.674. The number of aliphatic hydroxyl groups is 1. The molecule has 0 radical (unpaired) electrons. The minimum Gasteiger partial charge on any atom is -0.390 e. The van der Waals surface area contributed by atoms with Crippen LogP contribution in [0.25, 0.3) is 0 Å². The molecule has 1 amide bonds. The van der Waals surface area contributed by atoms with Gasteiger partial charge in [-0.2, -0.15) is 0 Å². The zero-order valence-electron chi connectivity index (χ0n) is 11.1. The van der Waals surface area contributed by atoms with E-state index in [2.05, 4.69) is 22.6 Å². The van der Waals surface area contributed by atoms with Gasteiger partial charge in [-0.05, 0) is 13.3 Å². The minimum atomic E-state index is -0.158. The van der Waals surface area contributed by atoms with E-state index in [4.69, 9.17) is 5.11 Å². The summed E-state index contributed by atoms with van der Waals surface area (Å²) in [7, 11) is 0. The van der Waals surface area contributed by atoms with Gasteiger partial charge in [-0.3, -0.25) is 4.79 Å². The fraction of sp³-hybridized carbons (Fsp3) is 0.750. The van der Waals surface area contributed by atoms with Crippen molar-refractivity contribution in [2.45, 2.75) is 58.7 Å². The first-order chi connectivity index (χ1) is 8.65. The highest BCUT2D eigenvalue weighted by Gasteiger charge is 2.09. The van der Waals surface area contributed by atoms with E-state index >= 15 is 0 Å². The highest BCUT2D eigenvalue weighted by Crippen LogP contribution is 2.02. The summed E-state index contributed by atoms with van der Waals surface area (Å²) in [5.74, 6) is -0.0756. The smallest absolute Gasteiger partial charge is 0.242 e. The molecule has 6 nitrogen and oxygen atoms in total. The molecule has 2 N–H and O–H groups in total. The summed E-state index contributed by atoms with van der Waals surface area (Å²) < 4.78 is 1.43. The van der Waals surface area contributed by atoms with Crippen molar-refractivity contribution >= 4 is 5.91 Å². The molecule has 0 bridgehead atoms. The average molecular weight is 254 g/mol. The Hall–Kier alpha value is -1.43. The molecule has 0 aliphatic rings.